The molecule has 1 aromatic heterocycles. The van der Waals surface area contributed by atoms with E-state index in [0.717, 1.165) is 0 Å². The van der Waals surface area contributed by atoms with Crippen molar-refractivity contribution in [3.8, 4) is 11.5 Å². The predicted molar refractivity (Wildman–Crippen MR) is 73.9 cm³/mol. The number of phenolic OH excluding ortho intramolecular Hbond substituents is 1. The summed E-state index contributed by atoms with van der Waals surface area (Å²) >= 11 is 0. The van der Waals surface area contributed by atoms with Crippen molar-refractivity contribution in [2.75, 3.05) is 0 Å². The number of phenols is 1. The second-order valence-corrected chi connectivity index (χ2v) is 4.94. The molecular formula is C14H14N4O4. The Morgan fingerprint density at radius 3 is 3.05 bits per heavy atom. The number of nitrogens with one attached hydrogen (secondary N) is 1. The first kappa shape index (κ1) is 14.1. The first-order valence-corrected chi connectivity index (χ1v) is 6.78. The molecule has 2 heterocycles. The summed E-state index contributed by atoms with van der Waals surface area (Å²) in [7, 11) is 0. The van der Waals surface area contributed by atoms with Crippen LogP contribution < -0.4 is 10.1 Å². The Morgan fingerprint density at radius 1 is 1.41 bits per heavy atom. The monoisotopic (exact) mass is 302 g/mol. The van der Waals surface area contributed by atoms with Crippen LogP contribution in [0.15, 0.2) is 30.5 Å². The predicted octanol–water partition coefficient (Wildman–Crippen LogP) is 0.540. The van der Waals surface area contributed by atoms with E-state index in [1.165, 1.54) is 10.7 Å². The number of ether oxygens (including phenoxy) is 1. The van der Waals surface area contributed by atoms with E-state index in [1.54, 1.807) is 24.4 Å². The molecule has 1 atom stereocenters. The quantitative estimate of drug-likeness (QED) is 0.798. The second kappa shape index (κ2) is 5.84. The van der Waals surface area contributed by atoms with Crippen LogP contribution in [0.5, 0.6) is 11.5 Å². The Labute approximate surface area is 125 Å². The molecule has 114 valence electrons. The average molecular weight is 302 g/mol. The fraction of sp³-hybridized carbons (Fsp3) is 0.286. The number of benzene rings is 1. The van der Waals surface area contributed by atoms with Crippen molar-refractivity contribution in [2.24, 2.45) is 0 Å². The van der Waals surface area contributed by atoms with Gasteiger partial charge in [0.1, 0.15) is 29.8 Å². The molecule has 0 saturated carbocycles. The molecule has 1 saturated heterocycles. The van der Waals surface area contributed by atoms with Crippen LogP contribution in [0, 0.1) is 0 Å². The molecule has 1 aliphatic rings. The number of hydrogen-bond acceptors (Lipinski definition) is 6. The summed E-state index contributed by atoms with van der Waals surface area (Å²) in [5.41, 5.74) is 0.549. The molecule has 22 heavy (non-hydrogen) atoms. The summed E-state index contributed by atoms with van der Waals surface area (Å²) in [6, 6.07) is 5.89. The second-order valence-electron chi connectivity index (χ2n) is 4.94. The number of imide groups is 1. The molecule has 0 spiro atoms. The van der Waals surface area contributed by atoms with Gasteiger partial charge in [-0.05, 0) is 18.6 Å². The summed E-state index contributed by atoms with van der Waals surface area (Å²) in [4.78, 5) is 22.9. The minimum atomic E-state index is -0.528. The van der Waals surface area contributed by atoms with Crippen molar-refractivity contribution in [1.29, 1.82) is 0 Å². The van der Waals surface area contributed by atoms with Crippen LogP contribution in [0.1, 0.15) is 24.6 Å². The summed E-state index contributed by atoms with van der Waals surface area (Å²) in [6.45, 7) is 0.163. The molecule has 3 rings (SSSR count). The number of piperidine rings is 1. The van der Waals surface area contributed by atoms with Gasteiger partial charge in [-0.3, -0.25) is 14.9 Å². The Kier molecular flexibility index (Phi) is 3.73. The van der Waals surface area contributed by atoms with Crippen LogP contribution in [-0.2, 0) is 16.2 Å². The fourth-order valence-electron chi connectivity index (χ4n) is 2.20. The molecule has 1 aliphatic heterocycles. The van der Waals surface area contributed by atoms with Gasteiger partial charge in [0.05, 0.1) is 6.20 Å². The molecule has 8 heteroatoms. The third kappa shape index (κ3) is 3.05. The van der Waals surface area contributed by atoms with Crippen LogP contribution >= 0.6 is 0 Å². The zero-order valence-corrected chi connectivity index (χ0v) is 11.6. The molecule has 0 radical (unpaired) electrons. The van der Waals surface area contributed by atoms with E-state index in [9.17, 15) is 14.7 Å². The van der Waals surface area contributed by atoms with E-state index >= 15 is 0 Å². The van der Waals surface area contributed by atoms with Crippen molar-refractivity contribution in [3.05, 3.63) is 36.2 Å². The molecule has 1 fully saturated rings. The summed E-state index contributed by atoms with van der Waals surface area (Å²) in [5, 5.41) is 19.5. The van der Waals surface area contributed by atoms with Crippen LogP contribution in [0.2, 0.25) is 0 Å². The van der Waals surface area contributed by atoms with Crippen LogP contribution in [0.4, 0.5) is 0 Å². The summed E-state index contributed by atoms with van der Waals surface area (Å²) < 4.78 is 6.92. The van der Waals surface area contributed by atoms with Gasteiger partial charge in [0.15, 0.2) is 0 Å². The van der Waals surface area contributed by atoms with Crippen molar-refractivity contribution in [3.63, 3.8) is 0 Å². The van der Waals surface area contributed by atoms with Gasteiger partial charge in [-0.25, -0.2) is 4.68 Å². The highest BCUT2D eigenvalue weighted by molar-refractivity contribution is 5.99. The Morgan fingerprint density at radius 2 is 2.27 bits per heavy atom. The molecule has 1 unspecified atom stereocenters. The first-order chi connectivity index (χ1) is 10.6. The van der Waals surface area contributed by atoms with Crippen molar-refractivity contribution in [1.82, 2.24) is 20.3 Å². The third-order valence-corrected chi connectivity index (χ3v) is 3.29. The van der Waals surface area contributed by atoms with Crippen LogP contribution in [0.25, 0.3) is 0 Å². The van der Waals surface area contributed by atoms with Crippen LogP contribution in [-0.4, -0.2) is 31.9 Å². The maximum atomic E-state index is 11.8. The van der Waals surface area contributed by atoms with E-state index in [-0.39, 0.29) is 30.6 Å². The molecule has 0 bridgehead atoms. The smallest absolute Gasteiger partial charge is 0.251 e. The number of nitrogens with zero attached hydrogens (tertiary/aromatic N) is 3. The summed E-state index contributed by atoms with van der Waals surface area (Å²) in [5.74, 6) is -0.0179. The Bertz CT molecular complexity index is 712. The zero-order chi connectivity index (χ0) is 15.5. The lowest BCUT2D eigenvalue weighted by atomic mass is 10.1. The third-order valence-electron chi connectivity index (χ3n) is 3.29. The van der Waals surface area contributed by atoms with Gasteiger partial charge in [-0.1, -0.05) is 11.3 Å². The first-order valence-electron chi connectivity index (χ1n) is 6.78. The van der Waals surface area contributed by atoms with E-state index in [4.69, 9.17) is 4.74 Å². The van der Waals surface area contributed by atoms with Gasteiger partial charge in [0.25, 0.3) is 5.91 Å². The zero-order valence-electron chi connectivity index (χ0n) is 11.6. The number of hydrogen-bond donors (Lipinski definition) is 2. The number of carbonyl (C=O) groups is 2. The molecule has 1 aromatic carbocycles. The maximum Gasteiger partial charge on any atom is 0.251 e. The van der Waals surface area contributed by atoms with Crippen molar-refractivity contribution < 1.29 is 19.4 Å². The average Bonchev–Trinajstić information content (AvgIpc) is 2.94. The highest BCUT2D eigenvalue weighted by Crippen LogP contribution is 2.20. The van der Waals surface area contributed by atoms with Gasteiger partial charge in [-0.2, -0.15) is 0 Å². The molecular weight excluding hydrogens is 288 g/mol. The van der Waals surface area contributed by atoms with Gasteiger partial charge in [0.2, 0.25) is 5.91 Å². The van der Waals surface area contributed by atoms with E-state index < -0.39 is 6.04 Å². The standard InChI is InChI=1S/C14H14N4O4/c19-10-2-1-3-11(6-10)22-8-9-7-18(17-16-9)12-4-5-13(20)15-14(12)21/h1-3,6-7,12,19H,4-5,8H2,(H,15,20,21). The molecule has 2 amide bonds. The van der Waals surface area contributed by atoms with Crippen molar-refractivity contribution >= 4 is 11.8 Å². The molecule has 0 aliphatic carbocycles. The number of amides is 2. The lowest BCUT2D eigenvalue weighted by Gasteiger charge is -2.20. The number of aromatic nitrogens is 3. The maximum absolute atomic E-state index is 11.8. The largest absolute Gasteiger partial charge is 0.508 e. The fourth-order valence-corrected chi connectivity index (χ4v) is 2.20. The van der Waals surface area contributed by atoms with Crippen LogP contribution in [0.3, 0.4) is 0 Å². The molecule has 2 N–H and O–H groups in total. The number of aromatic hydroxyl groups is 1. The minimum absolute atomic E-state index is 0.115. The normalized spacial score (nSPS) is 18.1. The van der Waals surface area contributed by atoms with Gasteiger partial charge in [-0.15, -0.1) is 5.10 Å². The number of rotatable bonds is 4. The molecule has 8 nitrogen and oxygen atoms in total. The molecule has 2 aromatic rings. The highest BCUT2D eigenvalue weighted by atomic mass is 16.5. The lowest BCUT2D eigenvalue weighted by Crippen LogP contribution is -2.41. The van der Waals surface area contributed by atoms with Gasteiger partial charge < -0.3 is 9.84 Å². The van der Waals surface area contributed by atoms with E-state index in [0.29, 0.717) is 17.9 Å². The Balaban J connectivity index is 1.64. The highest BCUT2D eigenvalue weighted by Gasteiger charge is 2.28. The van der Waals surface area contributed by atoms with Gasteiger partial charge in [0, 0.05) is 12.5 Å². The van der Waals surface area contributed by atoms with E-state index in [2.05, 4.69) is 15.6 Å². The van der Waals surface area contributed by atoms with E-state index in [1.807, 2.05) is 0 Å². The topological polar surface area (TPSA) is 106 Å². The van der Waals surface area contributed by atoms with Crippen molar-refractivity contribution in [2.45, 2.75) is 25.5 Å². The SMILES string of the molecule is O=C1CCC(n2cc(COc3cccc(O)c3)nn2)C(=O)N1. The van der Waals surface area contributed by atoms with Gasteiger partial charge >= 0.3 is 0 Å². The lowest BCUT2D eigenvalue weighted by molar-refractivity contribution is -0.136. The minimum Gasteiger partial charge on any atom is -0.508 e. The Hall–Kier alpha value is -2.90. The number of carbonyl (C=O) groups excluding carboxylic acids is 2. The summed E-state index contributed by atoms with van der Waals surface area (Å²) in [6.07, 6.45) is 2.30.